The molecule has 3 nitrogen and oxygen atoms in total. The maximum absolute atomic E-state index is 13.3. The highest BCUT2D eigenvalue weighted by molar-refractivity contribution is 8.00. The fraction of sp³-hybridized carbons (Fsp3) is 0.455. The summed E-state index contributed by atoms with van der Waals surface area (Å²) in [6.45, 7) is 3.53. The Balaban J connectivity index is 3.04. The van der Waals surface area contributed by atoms with Gasteiger partial charge in [-0.25, -0.2) is 4.39 Å². The summed E-state index contributed by atoms with van der Waals surface area (Å²) in [6.07, 6.45) is 0.750. The molecule has 0 aliphatic heterocycles. The van der Waals surface area contributed by atoms with Crippen LogP contribution in [0.1, 0.15) is 18.9 Å². The van der Waals surface area contributed by atoms with Crippen LogP contribution in [0.4, 0.5) is 10.1 Å². The van der Waals surface area contributed by atoms with E-state index in [0.717, 1.165) is 12.5 Å². The molecule has 0 saturated heterocycles. The van der Waals surface area contributed by atoms with Crippen molar-refractivity contribution in [3.63, 3.8) is 0 Å². The molecule has 0 fully saturated rings. The summed E-state index contributed by atoms with van der Waals surface area (Å²) in [5.74, 6) is -0.0478. The summed E-state index contributed by atoms with van der Waals surface area (Å²) >= 11 is 6.97. The standard InChI is InChI=1S/C11H13ClFNO2S/c1-7-5-11(17-8(2)3-4-12)10(14(15)16)6-9(7)13/h5-6,8H,3-4H2,1-2H3. The molecule has 0 aliphatic carbocycles. The van der Waals surface area contributed by atoms with Crippen molar-refractivity contribution in [3.05, 3.63) is 33.6 Å². The normalized spacial score (nSPS) is 12.5. The molecule has 1 aromatic carbocycles. The number of nitrogens with zero attached hydrogens (tertiary/aromatic N) is 1. The number of rotatable bonds is 5. The van der Waals surface area contributed by atoms with Gasteiger partial charge in [0.15, 0.2) is 0 Å². The van der Waals surface area contributed by atoms with Crippen molar-refractivity contribution in [2.45, 2.75) is 30.4 Å². The quantitative estimate of drug-likeness (QED) is 0.351. The van der Waals surface area contributed by atoms with E-state index in [-0.39, 0.29) is 10.9 Å². The molecule has 0 spiro atoms. The molecule has 1 atom stereocenters. The van der Waals surface area contributed by atoms with Gasteiger partial charge in [-0.15, -0.1) is 23.4 Å². The minimum absolute atomic E-state index is 0.163. The van der Waals surface area contributed by atoms with Crippen LogP contribution in [0.15, 0.2) is 17.0 Å². The summed E-state index contributed by atoms with van der Waals surface area (Å²) in [5, 5.41) is 11.0. The highest BCUT2D eigenvalue weighted by atomic mass is 35.5. The molecular formula is C11H13ClFNO2S. The SMILES string of the molecule is Cc1cc(SC(C)CCCl)c([N+](=O)[O-])cc1F. The zero-order chi connectivity index (χ0) is 13.0. The number of aryl methyl sites for hydroxylation is 1. The Morgan fingerprint density at radius 3 is 2.76 bits per heavy atom. The van der Waals surface area contributed by atoms with E-state index < -0.39 is 10.7 Å². The molecule has 0 aromatic heterocycles. The van der Waals surface area contributed by atoms with Crippen molar-refractivity contribution in [2.75, 3.05) is 5.88 Å². The molecule has 0 bridgehead atoms. The Kier molecular flexibility index (Phi) is 5.21. The van der Waals surface area contributed by atoms with E-state index in [2.05, 4.69) is 0 Å². The average molecular weight is 278 g/mol. The molecule has 94 valence electrons. The van der Waals surface area contributed by atoms with Crippen molar-refractivity contribution >= 4 is 29.1 Å². The first-order valence-corrected chi connectivity index (χ1v) is 6.54. The summed E-state index contributed by atoms with van der Waals surface area (Å²) in [5.41, 5.74) is 0.232. The highest BCUT2D eigenvalue weighted by Gasteiger charge is 2.19. The lowest BCUT2D eigenvalue weighted by atomic mass is 10.2. The zero-order valence-electron chi connectivity index (χ0n) is 9.57. The van der Waals surface area contributed by atoms with Crippen LogP contribution in [-0.4, -0.2) is 16.1 Å². The number of nitro groups is 1. The average Bonchev–Trinajstić information content (AvgIpc) is 2.23. The molecule has 0 radical (unpaired) electrons. The minimum atomic E-state index is -0.557. The van der Waals surface area contributed by atoms with Gasteiger partial charge in [-0.2, -0.15) is 0 Å². The third-order valence-electron chi connectivity index (χ3n) is 2.28. The number of nitro benzene ring substituents is 1. The van der Waals surface area contributed by atoms with E-state index in [1.807, 2.05) is 6.92 Å². The molecule has 6 heteroatoms. The van der Waals surface area contributed by atoms with Crippen molar-refractivity contribution in [1.82, 2.24) is 0 Å². The van der Waals surface area contributed by atoms with E-state index in [1.165, 1.54) is 17.8 Å². The summed E-state index contributed by atoms with van der Waals surface area (Å²) in [4.78, 5) is 10.8. The topological polar surface area (TPSA) is 43.1 Å². The van der Waals surface area contributed by atoms with Gasteiger partial charge in [-0.05, 0) is 25.0 Å². The zero-order valence-corrected chi connectivity index (χ0v) is 11.1. The molecule has 1 rings (SSSR count). The second-order valence-corrected chi connectivity index (χ2v) is 5.59. The Morgan fingerprint density at radius 2 is 2.24 bits per heavy atom. The van der Waals surface area contributed by atoms with E-state index in [4.69, 9.17) is 11.6 Å². The number of benzene rings is 1. The number of hydrogen-bond acceptors (Lipinski definition) is 3. The first kappa shape index (κ1) is 14.3. The van der Waals surface area contributed by atoms with Crippen molar-refractivity contribution in [3.8, 4) is 0 Å². The molecule has 0 amide bonds. The predicted octanol–water partition coefficient (Wildman–Crippen LogP) is 4.15. The third kappa shape index (κ3) is 3.85. The summed E-state index contributed by atoms with van der Waals surface area (Å²) in [7, 11) is 0. The lowest BCUT2D eigenvalue weighted by molar-refractivity contribution is -0.387. The molecule has 0 aliphatic rings. The van der Waals surface area contributed by atoms with Gasteiger partial charge in [0.05, 0.1) is 15.9 Å². The monoisotopic (exact) mass is 277 g/mol. The molecule has 0 saturated carbocycles. The number of hydrogen-bond donors (Lipinski definition) is 0. The first-order valence-electron chi connectivity index (χ1n) is 5.13. The van der Waals surface area contributed by atoms with Crippen molar-refractivity contribution < 1.29 is 9.31 Å². The van der Waals surface area contributed by atoms with Crippen molar-refractivity contribution in [1.29, 1.82) is 0 Å². The van der Waals surface area contributed by atoms with Gasteiger partial charge >= 0.3 is 0 Å². The van der Waals surface area contributed by atoms with Crippen LogP contribution < -0.4 is 0 Å². The first-order chi connectivity index (χ1) is 7.95. The summed E-state index contributed by atoms with van der Waals surface area (Å²) < 4.78 is 13.3. The third-order valence-corrected chi connectivity index (χ3v) is 3.72. The molecule has 1 unspecified atom stereocenters. The lowest BCUT2D eigenvalue weighted by Gasteiger charge is -2.10. The summed E-state index contributed by atoms with van der Waals surface area (Å²) in [6, 6.07) is 2.49. The molecule has 1 aromatic rings. The Morgan fingerprint density at radius 1 is 1.59 bits per heavy atom. The Labute approximate surface area is 109 Å². The van der Waals surface area contributed by atoms with Gasteiger partial charge in [-0.3, -0.25) is 10.1 Å². The molecular weight excluding hydrogens is 265 g/mol. The van der Waals surface area contributed by atoms with Crippen molar-refractivity contribution in [2.24, 2.45) is 0 Å². The van der Waals surface area contributed by atoms with Crippen LogP contribution in [0.3, 0.4) is 0 Å². The van der Waals surface area contributed by atoms with Crippen LogP contribution in [0.5, 0.6) is 0 Å². The molecule has 0 N–H and O–H groups in total. The van der Waals surface area contributed by atoms with E-state index >= 15 is 0 Å². The van der Waals surface area contributed by atoms with Crippen LogP contribution in [0.25, 0.3) is 0 Å². The van der Waals surface area contributed by atoms with Gasteiger partial charge in [0.1, 0.15) is 5.82 Å². The maximum Gasteiger partial charge on any atom is 0.285 e. The molecule has 17 heavy (non-hydrogen) atoms. The predicted molar refractivity (Wildman–Crippen MR) is 68.4 cm³/mol. The van der Waals surface area contributed by atoms with E-state index in [0.29, 0.717) is 16.3 Å². The second-order valence-electron chi connectivity index (χ2n) is 3.73. The van der Waals surface area contributed by atoms with E-state index in [9.17, 15) is 14.5 Å². The minimum Gasteiger partial charge on any atom is -0.258 e. The molecule has 0 heterocycles. The lowest BCUT2D eigenvalue weighted by Crippen LogP contribution is -2.00. The van der Waals surface area contributed by atoms with Gasteiger partial charge in [0, 0.05) is 11.1 Å². The fourth-order valence-corrected chi connectivity index (χ4v) is 2.94. The van der Waals surface area contributed by atoms with Gasteiger partial charge < -0.3 is 0 Å². The van der Waals surface area contributed by atoms with Crippen LogP contribution in [0, 0.1) is 22.9 Å². The number of alkyl halides is 1. The highest BCUT2D eigenvalue weighted by Crippen LogP contribution is 2.35. The van der Waals surface area contributed by atoms with Crippen LogP contribution in [-0.2, 0) is 0 Å². The second kappa shape index (κ2) is 6.21. The number of thioether (sulfide) groups is 1. The largest absolute Gasteiger partial charge is 0.285 e. The van der Waals surface area contributed by atoms with E-state index in [1.54, 1.807) is 6.92 Å². The fourth-order valence-electron chi connectivity index (χ4n) is 1.31. The number of halogens is 2. The van der Waals surface area contributed by atoms with Gasteiger partial charge in [0.2, 0.25) is 0 Å². The van der Waals surface area contributed by atoms with Gasteiger partial charge in [0.25, 0.3) is 5.69 Å². The Bertz CT molecular complexity index is 428. The maximum atomic E-state index is 13.3. The smallest absolute Gasteiger partial charge is 0.258 e. The van der Waals surface area contributed by atoms with Gasteiger partial charge in [-0.1, -0.05) is 6.92 Å². The van der Waals surface area contributed by atoms with Crippen LogP contribution >= 0.6 is 23.4 Å². The Hall–Kier alpha value is -0.810. The van der Waals surface area contributed by atoms with Crippen LogP contribution in [0.2, 0.25) is 0 Å².